The van der Waals surface area contributed by atoms with Crippen molar-refractivity contribution in [3.8, 4) is 0 Å². The summed E-state index contributed by atoms with van der Waals surface area (Å²) in [5.41, 5.74) is 6.16. The lowest BCUT2D eigenvalue weighted by molar-refractivity contribution is -0.119. The average molecular weight is 242 g/mol. The monoisotopic (exact) mass is 241 g/mol. The minimum Gasteiger partial charge on any atom is -0.384 e. The van der Waals surface area contributed by atoms with Gasteiger partial charge >= 0.3 is 0 Å². The van der Waals surface area contributed by atoms with Crippen molar-refractivity contribution >= 4 is 29.8 Å². The van der Waals surface area contributed by atoms with Crippen LogP contribution in [0.5, 0.6) is 0 Å². The van der Waals surface area contributed by atoms with Gasteiger partial charge in [0.1, 0.15) is 5.82 Å². The molecule has 1 atom stereocenters. The highest BCUT2D eigenvalue weighted by atomic mass is 35.5. The number of carbonyl (C=O) groups excluding carboxylic acids is 1. The van der Waals surface area contributed by atoms with Gasteiger partial charge < -0.3 is 11.1 Å². The quantitative estimate of drug-likeness (QED) is 0.851. The van der Waals surface area contributed by atoms with Crippen LogP contribution in [0.3, 0.4) is 0 Å². The zero-order chi connectivity index (χ0) is 10.8. The minimum absolute atomic E-state index is 0. The van der Waals surface area contributed by atoms with Gasteiger partial charge in [-0.15, -0.1) is 12.4 Å². The number of carbonyl (C=O) groups is 1. The number of nitrogens with one attached hydrogen (secondary N) is 1. The number of hydrogen-bond donors (Lipinski definition) is 2. The third kappa shape index (κ3) is 3.10. The molecule has 0 bridgehead atoms. The predicted octanol–water partition coefficient (Wildman–Crippen LogP) is 2.07. The molecule has 0 aliphatic heterocycles. The van der Waals surface area contributed by atoms with E-state index in [1.807, 2.05) is 6.92 Å². The van der Waals surface area contributed by atoms with Crippen molar-refractivity contribution in [2.75, 3.05) is 11.1 Å². The first kappa shape index (κ1) is 12.8. The van der Waals surface area contributed by atoms with Crippen LogP contribution < -0.4 is 11.1 Å². The number of nitrogen functional groups attached to an aromatic ring is 1. The number of amides is 1. The first-order valence-electron chi connectivity index (χ1n) is 5.19. The van der Waals surface area contributed by atoms with E-state index in [-0.39, 0.29) is 24.2 Å². The van der Waals surface area contributed by atoms with Gasteiger partial charge in [0.15, 0.2) is 0 Å². The SMILES string of the molecule is CC(C(=O)Nc1ccc(N)nc1)C1CC1.Cl. The molecular weight excluding hydrogens is 226 g/mol. The minimum atomic E-state index is 0. The highest BCUT2D eigenvalue weighted by Gasteiger charge is 2.32. The van der Waals surface area contributed by atoms with Gasteiger partial charge in [0.25, 0.3) is 0 Å². The number of hydrogen-bond acceptors (Lipinski definition) is 3. The summed E-state index contributed by atoms with van der Waals surface area (Å²) in [5.74, 6) is 1.21. The van der Waals surface area contributed by atoms with E-state index in [1.54, 1.807) is 18.3 Å². The fourth-order valence-electron chi connectivity index (χ4n) is 1.55. The summed E-state index contributed by atoms with van der Waals surface area (Å²) in [7, 11) is 0. The number of pyridine rings is 1. The zero-order valence-electron chi connectivity index (χ0n) is 9.14. The molecule has 1 fully saturated rings. The third-order valence-corrected chi connectivity index (χ3v) is 2.80. The van der Waals surface area contributed by atoms with Crippen LogP contribution in [0.1, 0.15) is 19.8 Å². The molecule has 1 aromatic rings. The van der Waals surface area contributed by atoms with Crippen LogP contribution in [0.4, 0.5) is 11.5 Å². The van der Waals surface area contributed by atoms with Crippen molar-refractivity contribution in [2.45, 2.75) is 19.8 Å². The number of aromatic nitrogens is 1. The Labute approximate surface area is 101 Å². The Bertz CT molecular complexity index is 362. The van der Waals surface area contributed by atoms with Gasteiger partial charge in [-0.3, -0.25) is 4.79 Å². The van der Waals surface area contributed by atoms with Crippen molar-refractivity contribution in [2.24, 2.45) is 11.8 Å². The maximum Gasteiger partial charge on any atom is 0.227 e. The van der Waals surface area contributed by atoms with Crippen molar-refractivity contribution in [3.05, 3.63) is 18.3 Å². The van der Waals surface area contributed by atoms with Crippen molar-refractivity contribution in [1.29, 1.82) is 0 Å². The molecule has 1 amide bonds. The summed E-state index contributed by atoms with van der Waals surface area (Å²) in [4.78, 5) is 15.6. The van der Waals surface area contributed by atoms with Crippen LogP contribution in [0.15, 0.2) is 18.3 Å². The van der Waals surface area contributed by atoms with Crippen LogP contribution in [0, 0.1) is 11.8 Å². The van der Waals surface area contributed by atoms with E-state index >= 15 is 0 Å². The van der Waals surface area contributed by atoms with Crippen LogP contribution in [0.25, 0.3) is 0 Å². The molecule has 1 unspecified atom stereocenters. The molecule has 0 aromatic carbocycles. The Morgan fingerprint density at radius 2 is 2.25 bits per heavy atom. The molecule has 1 aliphatic carbocycles. The zero-order valence-corrected chi connectivity index (χ0v) is 9.96. The molecule has 0 spiro atoms. The molecule has 0 radical (unpaired) electrons. The summed E-state index contributed by atoms with van der Waals surface area (Å²) in [6.07, 6.45) is 3.93. The van der Waals surface area contributed by atoms with E-state index in [1.165, 1.54) is 12.8 Å². The lowest BCUT2D eigenvalue weighted by Crippen LogP contribution is -2.21. The lowest BCUT2D eigenvalue weighted by Gasteiger charge is -2.10. The fraction of sp³-hybridized carbons (Fsp3) is 0.455. The lowest BCUT2D eigenvalue weighted by atomic mass is 10.1. The average Bonchev–Trinajstić information content (AvgIpc) is 3.04. The predicted molar refractivity (Wildman–Crippen MR) is 66.4 cm³/mol. The number of halogens is 1. The summed E-state index contributed by atoms with van der Waals surface area (Å²) < 4.78 is 0. The number of rotatable bonds is 3. The topological polar surface area (TPSA) is 68.0 Å². The summed E-state index contributed by atoms with van der Waals surface area (Å²) in [5, 5.41) is 2.83. The van der Waals surface area contributed by atoms with Gasteiger partial charge in [-0.25, -0.2) is 4.98 Å². The summed E-state index contributed by atoms with van der Waals surface area (Å²) in [6.45, 7) is 1.97. The molecule has 0 saturated heterocycles. The van der Waals surface area contributed by atoms with Gasteiger partial charge in [0.2, 0.25) is 5.91 Å². The molecule has 1 saturated carbocycles. The summed E-state index contributed by atoms with van der Waals surface area (Å²) >= 11 is 0. The number of nitrogens with two attached hydrogens (primary N) is 1. The second kappa shape index (κ2) is 5.16. The van der Waals surface area contributed by atoms with Gasteiger partial charge in [-0.05, 0) is 30.9 Å². The number of nitrogens with zero attached hydrogens (tertiary/aromatic N) is 1. The molecular formula is C11H16ClN3O. The first-order valence-corrected chi connectivity index (χ1v) is 5.19. The Balaban J connectivity index is 0.00000128. The van der Waals surface area contributed by atoms with Crippen LogP contribution in [-0.4, -0.2) is 10.9 Å². The molecule has 16 heavy (non-hydrogen) atoms. The maximum atomic E-state index is 11.7. The van der Waals surface area contributed by atoms with Crippen LogP contribution in [0.2, 0.25) is 0 Å². The van der Waals surface area contributed by atoms with Crippen LogP contribution in [-0.2, 0) is 4.79 Å². The molecule has 3 N–H and O–H groups in total. The molecule has 1 heterocycles. The molecule has 5 heteroatoms. The standard InChI is InChI=1S/C11H15N3O.ClH/c1-7(8-2-3-8)11(15)14-9-4-5-10(12)13-6-9;/h4-8H,2-3H2,1H3,(H2,12,13)(H,14,15);1H. The van der Waals surface area contributed by atoms with E-state index in [2.05, 4.69) is 10.3 Å². The van der Waals surface area contributed by atoms with Crippen molar-refractivity contribution in [1.82, 2.24) is 4.98 Å². The van der Waals surface area contributed by atoms with E-state index in [0.29, 0.717) is 17.4 Å². The largest absolute Gasteiger partial charge is 0.384 e. The van der Waals surface area contributed by atoms with Crippen molar-refractivity contribution in [3.63, 3.8) is 0 Å². The first-order chi connectivity index (χ1) is 7.16. The third-order valence-electron chi connectivity index (χ3n) is 2.80. The number of anilines is 2. The molecule has 2 rings (SSSR count). The van der Waals surface area contributed by atoms with E-state index in [0.717, 1.165) is 0 Å². The van der Waals surface area contributed by atoms with Gasteiger partial charge in [0.05, 0.1) is 11.9 Å². The van der Waals surface area contributed by atoms with E-state index < -0.39 is 0 Å². The Morgan fingerprint density at radius 3 is 2.75 bits per heavy atom. The molecule has 1 aromatic heterocycles. The highest BCUT2D eigenvalue weighted by Crippen LogP contribution is 2.36. The van der Waals surface area contributed by atoms with Gasteiger partial charge in [-0.1, -0.05) is 6.92 Å². The summed E-state index contributed by atoms with van der Waals surface area (Å²) in [6, 6.07) is 3.44. The van der Waals surface area contributed by atoms with Gasteiger partial charge in [0, 0.05) is 5.92 Å². The maximum absolute atomic E-state index is 11.7. The fourth-order valence-corrected chi connectivity index (χ4v) is 1.55. The second-order valence-corrected chi connectivity index (χ2v) is 4.09. The molecule has 1 aliphatic rings. The second-order valence-electron chi connectivity index (χ2n) is 4.09. The smallest absolute Gasteiger partial charge is 0.227 e. The normalized spacial score (nSPS) is 16.1. The Morgan fingerprint density at radius 1 is 1.56 bits per heavy atom. The Kier molecular flexibility index (Phi) is 4.12. The van der Waals surface area contributed by atoms with Crippen LogP contribution >= 0.6 is 12.4 Å². The van der Waals surface area contributed by atoms with Crippen molar-refractivity contribution < 1.29 is 4.79 Å². The highest BCUT2D eigenvalue weighted by molar-refractivity contribution is 5.92. The Hall–Kier alpha value is -1.29. The molecule has 88 valence electrons. The van der Waals surface area contributed by atoms with Gasteiger partial charge in [-0.2, -0.15) is 0 Å². The van der Waals surface area contributed by atoms with E-state index in [9.17, 15) is 4.79 Å². The van der Waals surface area contributed by atoms with E-state index in [4.69, 9.17) is 5.73 Å². The molecule has 4 nitrogen and oxygen atoms in total.